The minimum Gasteiger partial charge on any atom is -0.0843 e. The van der Waals surface area contributed by atoms with E-state index < -0.39 is 0 Å². The molecule has 0 spiro atoms. The molecule has 16 heavy (non-hydrogen) atoms. The minimum absolute atomic E-state index is 0.532. The van der Waals surface area contributed by atoms with Crippen molar-refractivity contribution in [1.29, 1.82) is 0 Å². The molecule has 0 radical (unpaired) electrons. The van der Waals surface area contributed by atoms with Crippen molar-refractivity contribution in [2.45, 2.75) is 46.0 Å². The van der Waals surface area contributed by atoms with Gasteiger partial charge in [0.1, 0.15) is 0 Å². The lowest BCUT2D eigenvalue weighted by atomic mass is 9.71. The monoisotopic (exact) mass is 236 g/mol. The van der Waals surface area contributed by atoms with E-state index in [2.05, 4.69) is 32.0 Å². The first-order valence-corrected chi connectivity index (χ1v) is 6.75. The summed E-state index contributed by atoms with van der Waals surface area (Å²) in [6.45, 7) is 4.74. The smallest absolute Gasteiger partial charge is 0.0408 e. The molecule has 0 nitrogen and oxygen atoms in total. The fourth-order valence-electron chi connectivity index (χ4n) is 3.09. The van der Waals surface area contributed by atoms with Gasteiger partial charge in [0, 0.05) is 5.02 Å². The molecule has 1 heteroatoms. The topological polar surface area (TPSA) is 0 Å². The number of benzene rings is 1. The van der Waals surface area contributed by atoms with Gasteiger partial charge in [0.05, 0.1) is 0 Å². The third kappa shape index (κ3) is 2.43. The fourth-order valence-corrected chi connectivity index (χ4v) is 3.30. The van der Waals surface area contributed by atoms with Crippen LogP contribution in [-0.4, -0.2) is 0 Å². The average Bonchev–Trinajstić information content (AvgIpc) is 2.67. The first-order chi connectivity index (χ1) is 7.62. The highest BCUT2D eigenvalue weighted by Crippen LogP contribution is 2.46. The molecule has 1 fully saturated rings. The predicted molar refractivity (Wildman–Crippen MR) is 70.9 cm³/mol. The molecule has 2 rings (SSSR count). The molecule has 88 valence electrons. The summed E-state index contributed by atoms with van der Waals surface area (Å²) in [4.78, 5) is 0. The molecule has 1 aromatic rings. The van der Waals surface area contributed by atoms with Gasteiger partial charge in [-0.15, -0.1) is 0 Å². The van der Waals surface area contributed by atoms with Crippen LogP contribution in [0.25, 0.3) is 0 Å². The van der Waals surface area contributed by atoms with Gasteiger partial charge < -0.3 is 0 Å². The Balaban J connectivity index is 2.18. The Kier molecular flexibility index (Phi) is 3.59. The molecule has 0 N–H and O–H groups in total. The zero-order valence-corrected chi connectivity index (χ0v) is 11.1. The lowest BCUT2D eigenvalue weighted by molar-refractivity contribution is 0.195. The molecule has 0 saturated heterocycles. The third-order valence-electron chi connectivity index (χ3n) is 4.27. The third-order valence-corrected chi connectivity index (χ3v) is 4.50. The maximum atomic E-state index is 6.06. The fraction of sp³-hybridized carbons (Fsp3) is 0.600. The SMILES string of the molecule is CC(C)C1(Cc2cccc(Cl)c2)CCCC1. The van der Waals surface area contributed by atoms with Crippen molar-refractivity contribution >= 4 is 11.6 Å². The van der Waals surface area contributed by atoms with E-state index in [0.29, 0.717) is 5.41 Å². The molecular weight excluding hydrogens is 216 g/mol. The molecule has 0 bridgehead atoms. The van der Waals surface area contributed by atoms with Crippen LogP contribution in [0.15, 0.2) is 24.3 Å². The summed E-state index contributed by atoms with van der Waals surface area (Å²) >= 11 is 6.06. The highest BCUT2D eigenvalue weighted by Gasteiger charge is 2.36. The molecule has 0 aromatic heterocycles. The molecule has 1 aliphatic rings. The predicted octanol–water partition coefficient (Wildman–Crippen LogP) is 5.10. The van der Waals surface area contributed by atoms with Crippen LogP contribution in [0.4, 0.5) is 0 Å². The molecule has 1 saturated carbocycles. The van der Waals surface area contributed by atoms with Crippen molar-refractivity contribution in [3.05, 3.63) is 34.9 Å². The average molecular weight is 237 g/mol. The molecular formula is C15H21Cl. The minimum atomic E-state index is 0.532. The van der Waals surface area contributed by atoms with Gasteiger partial charge in [-0.2, -0.15) is 0 Å². The first-order valence-electron chi connectivity index (χ1n) is 6.37. The molecule has 1 aliphatic carbocycles. The largest absolute Gasteiger partial charge is 0.0843 e. The summed E-state index contributed by atoms with van der Waals surface area (Å²) in [7, 11) is 0. The number of hydrogen-bond acceptors (Lipinski definition) is 0. The van der Waals surface area contributed by atoms with Crippen LogP contribution in [0.1, 0.15) is 45.1 Å². The summed E-state index contributed by atoms with van der Waals surface area (Å²) in [5, 5.41) is 0.870. The van der Waals surface area contributed by atoms with Crippen LogP contribution in [-0.2, 0) is 6.42 Å². The number of hydrogen-bond donors (Lipinski definition) is 0. The quantitative estimate of drug-likeness (QED) is 0.685. The molecule has 0 amide bonds. The zero-order chi connectivity index (χ0) is 11.6. The van der Waals surface area contributed by atoms with Gasteiger partial charge >= 0.3 is 0 Å². The summed E-state index contributed by atoms with van der Waals surface area (Å²) in [6.07, 6.45) is 6.77. The van der Waals surface area contributed by atoms with Crippen molar-refractivity contribution in [3.63, 3.8) is 0 Å². The van der Waals surface area contributed by atoms with Crippen molar-refractivity contribution in [1.82, 2.24) is 0 Å². The van der Waals surface area contributed by atoms with Gasteiger partial charge in [-0.3, -0.25) is 0 Å². The second-order valence-electron chi connectivity index (χ2n) is 5.53. The maximum absolute atomic E-state index is 6.06. The highest BCUT2D eigenvalue weighted by molar-refractivity contribution is 6.30. The van der Waals surface area contributed by atoms with E-state index in [0.717, 1.165) is 10.9 Å². The first kappa shape index (κ1) is 12.0. The Hall–Kier alpha value is -0.490. The van der Waals surface area contributed by atoms with E-state index in [4.69, 9.17) is 11.6 Å². The normalized spacial score (nSPS) is 19.2. The van der Waals surface area contributed by atoms with Crippen molar-refractivity contribution < 1.29 is 0 Å². The van der Waals surface area contributed by atoms with Crippen LogP contribution in [0.2, 0.25) is 5.02 Å². The van der Waals surface area contributed by atoms with Crippen LogP contribution < -0.4 is 0 Å². The van der Waals surface area contributed by atoms with E-state index in [1.54, 1.807) is 0 Å². The second-order valence-corrected chi connectivity index (χ2v) is 5.97. The van der Waals surface area contributed by atoms with E-state index in [1.165, 1.54) is 37.7 Å². The zero-order valence-electron chi connectivity index (χ0n) is 10.3. The molecule has 0 unspecified atom stereocenters. The Morgan fingerprint density at radius 2 is 1.94 bits per heavy atom. The van der Waals surface area contributed by atoms with Gasteiger partial charge in [-0.1, -0.05) is 50.4 Å². The highest BCUT2D eigenvalue weighted by atomic mass is 35.5. The Bertz CT molecular complexity index is 348. The molecule has 0 heterocycles. The number of rotatable bonds is 3. The van der Waals surface area contributed by atoms with Gasteiger partial charge in [-0.05, 0) is 48.3 Å². The van der Waals surface area contributed by atoms with Crippen molar-refractivity contribution in [2.75, 3.05) is 0 Å². The maximum Gasteiger partial charge on any atom is 0.0408 e. The van der Waals surface area contributed by atoms with Crippen LogP contribution >= 0.6 is 11.6 Å². The van der Waals surface area contributed by atoms with Gasteiger partial charge in [0.25, 0.3) is 0 Å². The summed E-state index contributed by atoms with van der Waals surface area (Å²) in [5.41, 5.74) is 1.94. The van der Waals surface area contributed by atoms with Crippen molar-refractivity contribution in [3.8, 4) is 0 Å². The Morgan fingerprint density at radius 1 is 1.25 bits per heavy atom. The van der Waals surface area contributed by atoms with E-state index >= 15 is 0 Å². The Morgan fingerprint density at radius 3 is 2.50 bits per heavy atom. The van der Waals surface area contributed by atoms with Crippen LogP contribution in [0.5, 0.6) is 0 Å². The summed E-state index contributed by atoms with van der Waals surface area (Å²) in [5.74, 6) is 0.772. The van der Waals surface area contributed by atoms with E-state index in [9.17, 15) is 0 Å². The van der Waals surface area contributed by atoms with Gasteiger partial charge in [0.15, 0.2) is 0 Å². The summed E-state index contributed by atoms with van der Waals surface area (Å²) in [6, 6.07) is 8.38. The van der Waals surface area contributed by atoms with Crippen LogP contribution in [0, 0.1) is 11.3 Å². The molecule has 0 atom stereocenters. The van der Waals surface area contributed by atoms with Crippen LogP contribution in [0.3, 0.4) is 0 Å². The van der Waals surface area contributed by atoms with E-state index in [1.807, 2.05) is 6.07 Å². The van der Waals surface area contributed by atoms with Gasteiger partial charge in [-0.25, -0.2) is 0 Å². The van der Waals surface area contributed by atoms with Crippen molar-refractivity contribution in [2.24, 2.45) is 11.3 Å². The summed E-state index contributed by atoms with van der Waals surface area (Å²) < 4.78 is 0. The van der Waals surface area contributed by atoms with Gasteiger partial charge in [0.2, 0.25) is 0 Å². The molecule has 1 aromatic carbocycles. The second kappa shape index (κ2) is 4.79. The molecule has 0 aliphatic heterocycles. The van der Waals surface area contributed by atoms with E-state index in [-0.39, 0.29) is 0 Å². The Labute approximate surface area is 104 Å². The number of halogens is 1. The lowest BCUT2D eigenvalue weighted by Crippen LogP contribution is -2.26. The lowest BCUT2D eigenvalue weighted by Gasteiger charge is -2.33. The standard InChI is InChI=1S/C15H21Cl/c1-12(2)15(8-3-4-9-15)11-13-6-5-7-14(16)10-13/h5-7,10,12H,3-4,8-9,11H2,1-2H3.